The summed E-state index contributed by atoms with van der Waals surface area (Å²) in [6.45, 7) is 4.54. The summed E-state index contributed by atoms with van der Waals surface area (Å²) < 4.78 is 5.58. The molecule has 0 aliphatic carbocycles. The SMILES string of the molecule is C.C.C.C.C.C.C.C.C.C.C.C.C.C.C.C.C.C.C.C.C.Cc1n[nH]c(C)c1CCCOc1cccc(C(=O)O)c1. The van der Waals surface area contributed by atoms with E-state index in [0.717, 1.165) is 24.2 Å². The number of H-pyrrole nitrogens is 1. The number of aromatic nitrogens is 2. The molecule has 0 bridgehead atoms. The molecule has 274 valence electrons. The van der Waals surface area contributed by atoms with Crippen LogP contribution in [0.15, 0.2) is 24.3 Å². The maximum atomic E-state index is 10.8. The number of aromatic amines is 1. The quantitative estimate of drug-likeness (QED) is 0.319. The monoisotopic (exact) mass is 611 g/mol. The van der Waals surface area contributed by atoms with Crippen molar-refractivity contribution in [2.45, 2.75) is 183 Å². The Kier molecular flexibility index (Phi) is 295. The third-order valence-corrected chi connectivity index (χ3v) is 3.20. The first kappa shape index (κ1) is 157. The van der Waals surface area contributed by atoms with Gasteiger partial charge in [0.2, 0.25) is 0 Å². The first-order chi connectivity index (χ1) is 9.58. The summed E-state index contributed by atoms with van der Waals surface area (Å²) >= 11 is 0. The van der Waals surface area contributed by atoms with Gasteiger partial charge in [-0.3, -0.25) is 5.10 Å². The van der Waals surface area contributed by atoms with Gasteiger partial charge in [0, 0.05) is 5.69 Å². The number of nitrogens with zero attached hydrogens (tertiary/aromatic N) is 1. The molecule has 0 fully saturated rings. The van der Waals surface area contributed by atoms with Gasteiger partial charge in [-0.25, -0.2) is 4.79 Å². The molecule has 0 saturated heterocycles. The van der Waals surface area contributed by atoms with Crippen molar-refractivity contribution in [1.29, 1.82) is 0 Å². The number of carboxylic acid groups (broad SMARTS) is 1. The largest absolute Gasteiger partial charge is 0.494 e. The summed E-state index contributed by atoms with van der Waals surface area (Å²) in [5.41, 5.74) is 3.59. The van der Waals surface area contributed by atoms with Crippen molar-refractivity contribution in [2.75, 3.05) is 6.61 Å². The molecule has 0 spiro atoms. The van der Waals surface area contributed by atoms with E-state index in [4.69, 9.17) is 9.84 Å². The number of hydrogen-bond acceptors (Lipinski definition) is 3. The summed E-state index contributed by atoms with van der Waals surface area (Å²) in [6.07, 6.45) is 1.76. The minimum absolute atomic E-state index is 0. The highest BCUT2D eigenvalue weighted by Gasteiger charge is 2.06. The molecule has 0 amide bonds. The van der Waals surface area contributed by atoms with E-state index < -0.39 is 5.97 Å². The van der Waals surface area contributed by atoms with E-state index in [-0.39, 0.29) is 162 Å². The van der Waals surface area contributed by atoms with Crippen LogP contribution in [0.25, 0.3) is 0 Å². The van der Waals surface area contributed by atoms with Gasteiger partial charge in [-0.1, -0.05) is 162 Å². The Labute approximate surface area is 272 Å². The Balaban J connectivity index is -0.0000000117. The molecule has 0 aliphatic heterocycles. The fraction of sp³-hybridized carbons (Fsp3) is 0.722. The Morgan fingerprint density at radius 1 is 0.707 bits per heavy atom. The Bertz CT molecular complexity index is 591. The molecule has 41 heavy (non-hydrogen) atoms. The van der Waals surface area contributed by atoms with Gasteiger partial charge in [0.15, 0.2) is 0 Å². The number of hydrogen-bond donors (Lipinski definition) is 2. The van der Waals surface area contributed by atoms with Gasteiger partial charge >= 0.3 is 5.97 Å². The second-order valence-corrected chi connectivity index (χ2v) is 4.70. The summed E-state index contributed by atoms with van der Waals surface area (Å²) in [4.78, 5) is 10.8. The number of benzene rings is 1. The van der Waals surface area contributed by atoms with E-state index in [0.29, 0.717) is 12.4 Å². The van der Waals surface area contributed by atoms with Gasteiger partial charge in [-0.15, -0.1) is 0 Å². The number of carbonyl (C=O) groups is 1. The topological polar surface area (TPSA) is 75.2 Å². The number of carboxylic acids is 1. The molecule has 0 unspecified atom stereocenters. The lowest BCUT2D eigenvalue weighted by atomic mass is 10.1. The van der Waals surface area contributed by atoms with Gasteiger partial charge < -0.3 is 9.84 Å². The number of aromatic carboxylic acids is 1. The second kappa shape index (κ2) is 76.9. The smallest absolute Gasteiger partial charge is 0.335 e. The van der Waals surface area contributed by atoms with Crippen molar-refractivity contribution >= 4 is 5.97 Å². The lowest BCUT2D eigenvalue weighted by molar-refractivity contribution is 0.0696. The number of aryl methyl sites for hydroxylation is 2. The third-order valence-electron chi connectivity index (χ3n) is 3.20. The van der Waals surface area contributed by atoms with Crippen LogP contribution in [0.4, 0.5) is 0 Å². The van der Waals surface area contributed by atoms with Crippen molar-refractivity contribution in [1.82, 2.24) is 10.2 Å². The van der Waals surface area contributed by atoms with Crippen LogP contribution in [0.5, 0.6) is 5.75 Å². The first-order valence-corrected chi connectivity index (χ1v) is 6.54. The number of ether oxygens (including phenoxy) is 1. The van der Waals surface area contributed by atoms with E-state index in [1.807, 2.05) is 13.8 Å². The molecule has 0 saturated carbocycles. The van der Waals surface area contributed by atoms with Gasteiger partial charge in [0.1, 0.15) is 5.75 Å². The molecule has 2 N–H and O–H groups in total. The zero-order valence-electron chi connectivity index (χ0n) is 11.6. The van der Waals surface area contributed by atoms with Gasteiger partial charge in [-0.05, 0) is 50.5 Å². The molecule has 0 radical (unpaired) electrons. The first-order valence-electron chi connectivity index (χ1n) is 6.54. The zero-order chi connectivity index (χ0) is 14.5. The molecule has 5 nitrogen and oxygen atoms in total. The van der Waals surface area contributed by atoms with Gasteiger partial charge in [-0.2, -0.15) is 5.10 Å². The minimum Gasteiger partial charge on any atom is -0.494 e. The normalized spacial score (nSPS) is 5.12. The maximum Gasteiger partial charge on any atom is 0.335 e. The Morgan fingerprint density at radius 2 is 1.10 bits per heavy atom. The molecule has 1 heterocycles. The fourth-order valence-corrected chi connectivity index (χ4v) is 2.10. The lowest BCUT2D eigenvalue weighted by Crippen LogP contribution is -2.02. The molecule has 2 aromatic rings. The molecule has 5 heteroatoms. The van der Waals surface area contributed by atoms with Crippen LogP contribution in [-0.4, -0.2) is 27.9 Å². The Hall–Kier alpha value is -2.30. The molecular formula is C36H102N2O3. The number of nitrogens with one attached hydrogen (secondary N) is 1. The Morgan fingerprint density at radius 3 is 1.41 bits per heavy atom. The predicted molar refractivity (Wildman–Crippen MR) is 217 cm³/mol. The molecule has 2 rings (SSSR count). The van der Waals surface area contributed by atoms with Crippen LogP contribution in [-0.2, 0) is 6.42 Å². The van der Waals surface area contributed by atoms with E-state index in [1.54, 1.807) is 18.2 Å². The molecule has 0 aliphatic rings. The maximum absolute atomic E-state index is 10.8. The fourth-order valence-electron chi connectivity index (χ4n) is 2.10. The average molecular weight is 611 g/mol. The van der Waals surface area contributed by atoms with Crippen molar-refractivity contribution in [3.05, 3.63) is 46.8 Å². The van der Waals surface area contributed by atoms with Crippen molar-refractivity contribution < 1.29 is 14.6 Å². The van der Waals surface area contributed by atoms with E-state index in [2.05, 4.69) is 10.2 Å². The van der Waals surface area contributed by atoms with E-state index in [9.17, 15) is 4.79 Å². The highest BCUT2D eigenvalue weighted by atomic mass is 16.5. The van der Waals surface area contributed by atoms with Gasteiger partial charge in [0.05, 0.1) is 17.9 Å². The summed E-state index contributed by atoms with van der Waals surface area (Å²) in [5.74, 6) is -0.356. The van der Waals surface area contributed by atoms with Crippen molar-refractivity contribution in [2.24, 2.45) is 0 Å². The van der Waals surface area contributed by atoms with Crippen LogP contribution in [0.1, 0.15) is 190 Å². The summed E-state index contributed by atoms with van der Waals surface area (Å²) in [6, 6.07) is 6.54. The zero-order valence-corrected chi connectivity index (χ0v) is 11.6. The standard InChI is InChI=1S/C15H18N2O3.21CH4/c1-10-14(11(2)17-16-10)7-4-8-20-13-6-3-5-12(9-13)15(18)19;;;;;;;;;;;;;;;;;;;;;/h3,5-6,9H,4,7-8H2,1-2H3,(H,16,17)(H,18,19);21*1H4. The van der Waals surface area contributed by atoms with Crippen LogP contribution >= 0.6 is 0 Å². The molecule has 1 aromatic heterocycles. The highest BCUT2D eigenvalue weighted by molar-refractivity contribution is 5.87. The summed E-state index contributed by atoms with van der Waals surface area (Å²) in [5, 5.41) is 16.0. The number of rotatable bonds is 6. The van der Waals surface area contributed by atoms with Gasteiger partial charge in [0.25, 0.3) is 0 Å². The van der Waals surface area contributed by atoms with E-state index >= 15 is 0 Å². The predicted octanol–water partition coefficient (Wildman–Crippen LogP) is 16.1. The lowest BCUT2D eigenvalue weighted by Gasteiger charge is -2.07. The summed E-state index contributed by atoms with van der Waals surface area (Å²) in [7, 11) is 0. The average Bonchev–Trinajstić information content (AvgIpc) is 2.75. The minimum atomic E-state index is -0.944. The van der Waals surface area contributed by atoms with Crippen LogP contribution in [0, 0.1) is 13.8 Å². The van der Waals surface area contributed by atoms with Crippen molar-refractivity contribution in [3.63, 3.8) is 0 Å². The van der Waals surface area contributed by atoms with Crippen molar-refractivity contribution in [3.8, 4) is 5.75 Å². The third kappa shape index (κ3) is 47.8. The second-order valence-electron chi connectivity index (χ2n) is 4.70. The highest BCUT2D eigenvalue weighted by Crippen LogP contribution is 2.15. The van der Waals surface area contributed by atoms with Crippen LogP contribution in [0.3, 0.4) is 0 Å². The molecule has 0 atom stereocenters. The van der Waals surface area contributed by atoms with Crippen LogP contribution in [0.2, 0.25) is 0 Å². The van der Waals surface area contributed by atoms with Crippen LogP contribution < -0.4 is 4.74 Å². The van der Waals surface area contributed by atoms with E-state index in [1.165, 1.54) is 11.6 Å². The molecular weight excluding hydrogens is 508 g/mol. The molecule has 1 aromatic carbocycles.